The van der Waals surface area contributed by atoms with E-state index in [9.17, 15) is 14.4 Å². The SMILES string of the molecule is CCCCCC(CCCCCCC(C)C)NC(=O)NC1CCCCCC1OC(=O)CCNC(=O)C1OC(C)(C)OCC1(C)C. The number of hydrogen-bond acceptors (Lipinski definition) is 6. The van der Waals surface area contributed by atoms with E-state index in [1.54, 1.807) is 13.8 Å². The summed E-state index contributed by atoms with van der Waals surface area (Å²) in [6, 6.07) is -0.215. The van der Waals surface area contributed by atoms with Crippen LogP contribution in [0.3, 0.4) is 0 Å². The number of ether oxygens (including phenoxy) is 3. The van der Waals surface area contributed by atoms with Gasteiger partial charge in [0, 0.05) is 18.0 Å². The van der Waals surface area contributed by atoms with E-state index >= 15 is 0 Å². The van der Waals surface area contributed by atoms with Gasteiger partial charge in [-0.3, -0.25) is 9.59 Å². The topological polar surface area (TPSA) is 115 Å². The Morgan fingerprint density at radius 3 is 2.23 bits per heavy atom. The van der Waals surface area contributed by atoms with E-state index in [-0.39, 0.29) is 49.1 Å². The highest BCUT2D eigenvalue weighted by Gasteiger charge is 2.45. The second kappa shape index (κ2) is 19.6. The van der Waals surface area contributed by atoms with E-state index in [0.29, 0.717) is 6.61 Å². The van der Waals surface area contributed by atoms with Crippen LogP contribution in [0.5, 0.6) is 0 Å². The van der Waals surface area contributed by atoms with Gasteiger partial charge in [-0.25, -0.2) is 4.79 Å². The lowest BCUT2D eigenvalue weighted by Gasteiger charge is -2.44. The average Bonchev–Trinajstić information content (AvgIpc) is 3.16. The second-order valence-electron chi connectivity index (χ2n) is 14.7. The fourth-order valence-electron chi connectivity index (χ4n) is 6.13. The van der Waals surface area contributed by atoms with Crippen molar-refractivity contribution in [2.75, 3.05) is 13.2 Å². The van der Waals surface area contributed by atoms with Gasteiger partial charge < -0.3 is 30.2 Å². The summed E-state index contributed by atoms with van der Waals surface area (Å²) in [6.45, 7) is 14.8. The zero-order valence-electron chi connectivity index (χ0n) is 29.1. The largest absolute Gasteiger partial charge is 0.460 e. The van der Waals surface area contributed by atoms with Crippen LogP contribution < -0.4 is 16.0 Å². The fraction of sp³-hybridized carbons (Fsp3) is 0.914. The normalized spacial score (nSPS) is 23.8. The molecule has 0 aromatic carbocycles. The van der Waals surface area contributed by atoms with Gasteiger partial charge in [0.25, 0.3) is 0 Å². The Hall–Kier alpha value is -1.87. The quantitative estimate of drug-likeness (QED) is 0.0848. The van der Waals surface area contributed by atoms with Gasteiger partial charge in [-0.1, -0.05) is 98.8 Å². The van der Waals surface area contributed by atoms with Gasteiger partial charge in [0.15, 0.2) is 5.79 Å². The molecule has 1 saturated heterocycles. The lowest BCUT2D eigenvalue weighted by Crippen LogP contribution is -2.56. The number of carbonyl (C=O) groups is 3. The highest BCUT2D eigenvalue weighted by molar-refractivity contribution is 5.82. The van der Waals surface area contributed by atoms with Gasteiger partial charge in [-0.2, -0.15) is 0 Å². The Morgan fingerprint density at radius 2 is 1.55 bits per heavy atom. The Labute approximate surface area is 268 Å². The van der Waals surface area contributed by atoms with Crippen molar-refractivity contribution in [3.63, 3.8) is 0 Å². The van der Waals surface area contributed by atoms with Crippen LogP contribution in [0.4, 0.5) is 4.79 Å². The molecule has 0 spiro atoms. The van der Waals surface area contributed by atoms with Gasteiger partial charge in [0.2, 0.25) is 5.91 Å². The maximum atomic E-state index is 13.2. The van der Waals surface area contributed by atoms with E-state index in [1.165, 1.54) is 32.1 Å². The number of amides is 3. The lowest BCUT2D eigenvalue weighted by atomic mass is 9.85. The molecule has 0 radical (unpaired) electrons. The Kier molecular flexibility index (Phi) is 17.1. The maximum Gasteiger partial charge on any atom is 0.315 e. The van der Waals surface area contributed by atoms with Gasteiger partial charge in [-0.15, -0.1) is 0 Å². The molecular weight excluding hydrogens is 558 g/mol. The summed E-state index contributed by atoms with van der Waals surface area (Å²) in [5.41, 5.74) is -0.484. The first-order valence-electron chi connectivity index (χ1n) is 17.7. The summed E-state index contributed by atoms with van der Waals surface area (Å²) in [5, 5.41) is 9.27. The Morgan fingerprint density at radius 1 is 0.886 bits per heavy atom. The molecule has 3 N–H and O–H groups in total. The number of unbranched alkanes of at least 4 members (excludes halogenated alkanes) is 5. The predicted octanol–water partition coefficient (Wildman–Crippen LogP) is 7.16. The van der Waals surface area contributed by atoms with Crippen molar-refractivity contribution >= 4 is 17.9 Å². The van der Waals surface area contributed by atoms with Gasteiger partial charge in [-0.05, 0) is 51.9 Å². The molecule has 4 atom stereocenters. The van der Waals surface area contributed by atoms with E-state index in [2.05, 4.69) is 36.7 Å². The van der Waals surface area contributed by atoms with Crippen LogP contribution in [0, 0.1) is 11.3 Å². The van der Waals surface area contributed by atoms with E-state index in [0.717, 1.165) is 70.1 Å². The third-order valence-corrected chi connectivity index (χ3v) is 8.90. The van der Waals surface area contributed by atoms with Crippen molar-refractivity contribution in [2.24, 2.45) is 11.3 Å². The summed E-state index contributed by atoms with van der Waals surface area (Å²) in [7, 11) is 0. The summed E-state index contributed by atoms with van der Waals surface area (Å²) < 4.78 is 17.5. The van der Waals surface area contributed by atoms with Crippen LogP contribution in [0.15, 0.2) is 0 Å². The molecule has 2 rings (SSSR count). The smallest absolute Gasteiger partial charge is 0.315 e. The highest BCUT2D eigenvalue weighted by Crippen LogP contribution is 2.34. The summed E-state index contributed by atoms with van der Waals surface area (Å²) in [6.07, 6.45) is 15.1. The number of carbonyl (C=O) groups excluding carboxylic acids is 3. The molecule has 0 aromatic heterocycles. The molecule has 1 aliphatic heterocycles. The molecule has 1 heterocycles. The standard InChI is InChI=1S/C35H65N3O6/c1-8-9-13-19-27(20-15-11-10-14-18-26(2)3)37-33(41)38-28-21-16-12-17-22-29(28)43-30(39)23-24-36-32(40)31-34(4,5)25-42-35(6,7)44-31/h26-29,31H,8-25H2,1-7H3,(H,36,40)(H2,37,38,41). The minimum atomic E-state index is -0.840. The summed E-state index contributed by atoms with van der Waals surface area (Å²) >= 11 is 0. The van der Waals surface area contributed by atoms with E-state index in [1.807, 2.05) is 13.8 Å². The number of urea groups is 1. The van der Waals surface area contributed by atoms with Crippen LogP contribution in [0.25, 0.3) is 0 Å². The minimum absolute atomic E-state index is 0.0604. The number of esters is 1. The van der Waals surface area contributed by atoms with E-state index < -0.39 is 17.3 Å². The zero-order chi connectivity index (χ0) is 32.6. The van der Waals surface area contributed by atoms with Crippen molar-refractivity contribution in [1.82, 2.24) is 16.0 Å². The zero-order valence-corrected chi connectivity index (χ0v) is 29.1. The summed E-state index contributed by atoms with van der Waals surface area (Å²) in [5.74, 6) is -0.707. The van der Waals surface area contributed by atoms with Crippen molar-refractivity contribution in [3.05, 3.63) is 0 Å². The van der Waals surface area contributed by atoms with Crippen LogP contribution in [0.2, 0.25) is 0 Å². The molecule has 256 valence electrons. The number of nitrogens with one attached hydrogen (secondary N) is 3. The molecule has 3 amide bonds. The Bertz CT molecular complexity index is 861. The molecule has 9 heteroatoms. The second-order valence-corrected chi connectivity index (χ2v) is 14.7. The first-order valence-corrected chi connectivity index (χ1v) is 17.7. The average molecular weight is 624 g/mol. The molecule has 1 aliphatic carbocycles. The molecule has 0 aromatic rings. The summed E-state index contributed by atoms with van der Waals surface area (Å²) in [4.78, 5) is 38.9. The van der Waals surface area contributed by atoms with Crippen LogP contribution in [-0.4, -0.2) is 61.1 Å². The van der Waals surface area contributed by atoms with Crippen molar-refractivity contribution in [1.29, 1.82) is 0 Å². The van der Waals surface area contributed by atoms with Crippen LogP contribution in [-0.2, 0) is 23.8 Å². The molecule has 2 fully saturated rings. The molecule has 2 aliphatic rings. The predicted molar refractivity (Wildman–Crippen MR) is 175 cm³/mol. The molecule has 9 nitrogen and oxygen atoms in total. The number of hydrogen-bond donors (Lipinski definition) is 3. The van der Waals surface area contributed by atoms with Crippen LogP contribution >= 0.6 is 0 Å². The van der Waals surface area contributed by atoms with Crippen molar-refractivity contribution in [2.45, 2.75) is 181 Å². The van der Waals surface area contributed by atoms with Crippen LogP contribution in [0.1, 0.15) is 151 Å². The monoisotopic (exact) mass is 623 g/mol. The van der Waals surface area contributed by atoms with Gasteiger partial charge >= 0.3 is 12.0 Å². The van der Waals surface area contributed by atoms with Crippen molar-refractivity contribution in [3.8, 4) is 0 Å². The molecule has 1 saturated carbocycles. The lowest BCUT2D eigenvalue weighted by molar-refractivity contribution is -0.304. The van der Waals surface area contributed by atoms with E-state index in [4.69, 9.17) is 14.2 Å². The molecular formula is C35H65N3O6. The fourth-order valence-corrected chi connectivity index (χ4v) is 6.13. The third kappa shape index (κ3) is 14.9. The van der Waals surface area contributed by atoms with Gasteiger partial charge in [0.05, 0.1) is 19.1 Å². The highest BCUT2D eigenvalue weighted by atomic mass is 16.7. The molecule has 4 unspecified atom stereocenters. The third-order valence-electron chi connectivity index (χ3n) is 8.90. The first-order chi connectivity index (χ1) is 20.8. The molecule has 44 heavy (non-hydrogen) atoms. The van der Waals surface area contributed by atoms with Crippen molar-refractivity contribution < 1.29 is 28.6 Å². The first kappa shape index (κ1) is 38.3. The Balaban J connectivity index is 1.84. The molecule has 0 bridgehead atoms. The van der Waals surface area contributed by atoms with Gasteiger partial charge in [0.1, 0.15) is 12.2 Å². The maximum absolute atomic E-state index is 13.2. The minimum Gasteiger partial charge on any atom is -0.460 e. The number of rotatable bonds is 18.